The highest BCUT2D eigenvalue weighted by molar-refractivity contribution is 7.80. The zero-order valence-electron chi connectivity index (χ0n) is 8.66. The Morgan fingerprint density at radius 3 is 2.73 bits per heavy atom. The smallest absolute Gasteiger partial charge is 0.338 e. The predicted octanol–water partition coefficient (Wildman–Crippen LogP) is 2.93. The van der Waals surface area contributed by atoms with Gasteiger partial charge in [0.05, 0.1) is 12.2 Å². The molecule has 0 atom stereocenters. The highest BCUT2D eigenvalue weighted by atomic mass is 32.1. The van der Waals surface area contributed by atoms with Crippen LogP contribution < -0.4 is 0 Å². The van der Waals surface area contributed by atoms with Crippen LogP contribution in [0.1, 0.15) is 24.2 Å². The van der Waals surface area contributed by atoms with E-state index in [4.69, 9.17) is 4.74 Å². The van der Waals surface area contributed by atoms with Crippen molar-refractivity contribution < 1.29 is 13.9 Å². The summed E-state index contributed by atoms with van der Waals surface area (Å²) in [6, 6.07) is 3.95. The van der Waals surface area contributed by atoms with Gasteiger partial charge >= 0.3 is 5.97 Å². The van der Waals surface area contributed by atoms with Gasteiger partial charge in [0.25, 0.3) is 0 Å². The van der Waals surface area contributed by atoms with Gasteiger partial charge in [-0.05, 0) is 24.1 Å². The molecule has 0 aliphatic heterocycles. The molecule has 0 fully saturated rings. The molecule has 0 unspecified atom stereocenters. The van der Waals surface area contributed by atoms with Gasteiger partial charge in [0.2, 0.25) is 0 Å². The number of hydrogen-bond donors (Lipinski definition) is 1. The summed E-state index contributed by atoms with van der Waals surface area (Å²) in [7, 11) is 0. The van der Waals surface area contributed by atoms with Crippen molar-refractivity contribution in [3.05, 3.63) is 29.6 Å². The number of benzene rings is 1. The molecule has 0 heterocycles. The van der Waals surface area contributed by atoms with E-state index in [1.165, 1.54) is 18.2 Å². The highest BCUT2D eigenvalue weighted by Crippen LogP contribution is 2.15. The average molecular weight is 228 g/mol. The van der Waals surface area contributed by atoms with E-state index in [2.05, 4.69) is 12.6 Å². The van der Waals surface area contributed by atoms with E-state index in [9.17, 15) is 9.18 Å². The van der Waals surface area contributed by atoms with Gasteiger partial charge in [0, 0.05) is 4.90 Å². The van der Waals surface area contributed by atoms with E-state index in [0.717, 1.165) is 0 Å². The molecule has 0 saturated heterocycles. The minimum atomic E-state index is -0.446. The molecule has 0 spiro atoms. The Balaban J connectivity index is 2.70. The van der Waals surface area contributed by atoms with Crippen LogP contribution in [0, 0.1) is 11.7 Å². The van der Waals surface area contributed by atoms with Crippen molar-refractivity contribution in [2.45, 2.75) is 18.7 Å². The number of rotatable bonds is 3. The minimum Gasteiger partial charge on any atom is -0.462 e. The van der Waals surface area contributed by atoms with Gasteiger partial charge in [0.15, 0.2) is 0 Å². The Bertz CT molecular complexity index is 364. The predicted molar refractivity (Wildman–Crippen MR) is 58.8 cm³/mol. The van der Waals surface area contributed by atoms with E-state index in [1.54, 1.807) is 0 Å². The summed E-state index contributed by atoms with van der Waals surface area (Å²) in [5.41, 5.74) is 0.321. The fourth-order valence-electron chi connectivity index (χ4n) is 0.965. The summed E-state index contributed by atoms with van der Waals surface area (Å²) in [6.45, 7) is 4.25. The number of carbonyl (C=O) groups excluding carboxylic acids is 1. The van der Waals surface area contributed by atoms with Crippen LogP contribution in [0.5, 0.6) is 0 Å². The van der Waals surface area contributed by atoms with Crippen molar-refractivity contribution in [3.8, 4) is 0 Å². The zero-order chi connectivity index (χ0) is 11.4. The summed E-state index contributed by atoms with van der Waals surface area (Å²) < 4.78 is 17.8. The molecule has 1 aromatic rings. The van der Waals surface area contributed by atoms with Crippen LogP contribution in [0.4, 0.5) is 4.39 Å². The second-order valence-corrected chi connectivity index (χ2v) is 4.14. The Morgan fingerprint density at radius 1 is 1.53 bits per heavy atom. The first-order valence-corrected chi connectivity index (χ1v) is 5.11. The zero-order valence-corrected chi connectivity index (χ0v) is 9.55. The van der Waals surface area contributed by atoms with Gasteiger partial charge < -0.3 is 4.74 Å². The maximum atomic E-state index is 12.8. The molecule has 15 heavy (non-hydrogen) atoms. The van der Waals surface area contributed by atoms with Crippen molar-refractivity contribution >= 4 is 18.6 Å². The molecule has 0 radical (unpaired) electrons. The first kappa shape index (κ1) is 12.0. The maximum Gasteiger partial charge on any atom is 0.338 e. The molecule has 0 amide bonds. The second kappa shape index (κ2) is 5.16. The normalized spacial score (nSPS) is 10.5. The fourth-order valence-corrected chi connectivity index (χ4v) is 1.18. The lowest BCUT2D eigenvalue weighted by Crippen LogP contribution is -2.10. The van der Waals surface area contributed by atoms with Gasteiger partial charge in [-0.25, -0.2) is 9.18 Å². The largest absolute Gasteiger partial charge is 0.462 e. The number of esters is 1. The molecule has 0 aliphatic rings. The summed E-state index contributed by atoms with van der Waals surface area (Å²) in [5, 5.41) is 0. The molecule has 0 aromatic heterocycles. The SMILES string of the molecule is CC(C)COC(=O)c1ccc(F)c(S)c1. The third kappa shape index (κ3) is 3.55. The van der Waals surface area contributed by atoms with Gasteiger partial charge in [0.1, 0.15) is 5.82 Å². The number of ether oxygens (including phenoxy) is 1. The van der Waals surface area contributed by atoms with Crippen LogP contribution in [0.2, 0.25) is 0 Å². The van der Waals surface area contributed by atoms with Crippen LogP contribution in [0.25, 0.3) is 0 Å². The Hall–Kier alpha value is -1.03. The summed E-state index contributed by atoms with van der Waals surface area (Å²) in [4.78, 5) is 11.6. The minimum absolute atomic E-state index is 0.147. The number of carbonyl (C=O) groups is 1. The Kier molecular flexibility index (Phi) is 4.15. The molecule has 82 valence electrons. The van der Waals surface area contributed by atoms with E-state index < -0.39 is 11.8 Å². The number of thiol groups is 1. The Morgan fingerprint density at radius 2 is 2.20 bits per heavy atom. The lowest BCUT2D eigenvalue weighted by atomic mass is 10.2. The van der Waals surface area contributed by atoms with Gasteiger partial charge in [-0.15, -0.1) is 12.6 Å². The van der Waals surface area contributed by atoms with Crippen molar-refractivity contribution in [3.63, 3.8) is 0 Å². The lowest BCUT2D eigenvalue weighted by Gasteiger charge is -2.07. The number of hydrogen-bond acceptors (Lipinski definition) is 3. The van der Waals surface area contributed by atoms with Crippen LogP contribution in [-0.2, 0) is 4.74 Å². The first-order valence-electron chi connectivity index (χ1n) is 4.66. The van der Waals surface area contributed by atoms with Crippen molar-refractivity contribution in [2.75, 3.05) is 6.61 Å². The first-order chi connectivity index (χ1) is 7.00. The van der Waals surface area contributed by atoms with Crippen molar-refractivity contribution in [1.82, 2.24) is 0 Å². The quantitative estimate of drug-likeness (QED) is 0.636. The molecular weight excluding hydrogens is 215 g/mol. The monoisotopic (exact) mass is 228 g/mol. The van der Waals surface area contributed by atoms with Gasteiger partial charge in [-0.3, -0.25) is 0 Å². The highest BCUT2D eigenvalue weighted by Gasteiger charge is 2.09. The van der Waals surface area contributed by atoms with E-state index in [0.29, 0.717) is 12.2 Å². The number of halogens is 1. The molecule has 0 N–H and O–H groups in total. The molecule has 2 nitrogen and oxygen atoms in total. The van der Waals surface area contributed by atoms with Crippen LogP contribution >= 0.6 is 12.6 Å². The van der Waals surface area contributed by atoms with Crippen LogP contribution in [0.15, 0.2) is 23.1 Å². The summed E-state index contributed by atoms with van der Waals surface area (Å²) >= 11 is 3.89. The van der Waals surface area contributed by atoms with Crippen molar-refractivity contribution in [1.29, 1.82) is 0 Å². The van der Waals surface area contributed by atoms with E-state index in [-0.39, 0.29) is 10.8 Å². The van der Waals surface area contributed by atoms with E-state index >= 15 is 0 Å². The average Bonchev–Trinajstić information content (AvgIpc) is 2.18. The lowest BCUT2D eigenvalue weighted by molar-refractivity contribution is 0.0458. The molecule has 0 aliphatic carbocycles. The molecule has 1 aromatic carbocycles. The van der Waals surface area contributed by atoms with Gasteiger partial charge in [-0.2, -0.15) is 0 Å². The molecule has 0 saturated carbocycles. The summed E-state index contributed by atoms with van der Waals surface area (Å²) in [5.74, 6) is -0.609. The van der Waals surface area contributed by atoms with E-state index in [1.807, 2.05) is 13.8 Å². The third-order valence-corrected chi connectivity index (χ3v) is 2.07. The maximum absolute atomic E-state index is 12.8. The third-order valence-electron chi connectivity index (χ3n) is 1.73. The molecule has 0 bridgehead atoms. The van der Waals surface area contributed by atoms with Crippen LogP contribution in [0.3, 0.4) is 0 Å². The fraction of sp³-hybridized carbons (Fsp3) is 0.364. The molecular formula is C11H13FO2S. The standard InChI is InChI=1S/C11H13FO2S/c1-7(2)6-14-11(13)8-3-4-9(12)10(15)5-8/h3-5,7,15H,6H2,1-2H3. The molecule has 4 heteroatoms. The Labute approximate surface area is 93.9 Å². The van der Waals surface area contributed by atoms with Crippen molar-refractivity contribution in [2.24, 2.45) is 5.92 Å². The summed E-state index contributed by atoms with van der Waals surface area (Å²) in [6.07, 6.45) is 0. The second-order valence-electron chi connectivity index (χ2n) is 3.66. The molecule has 1 rings (SSSR count). The topological polar surface area (TPSA) is 26.3 Å². The van der Waals surface area contributed by atoms with Gasteiger partial charge in [-0.1, -0.05) is 13.8 Å². The van der Waals surface area contributed by atoms with Crippen LogP contribution in [-0.4, -0.2) is 12.6 Å².